The van der Waals surface area contributed by atoms with Crippen molar-refractivity contribution in [3.8, 4) is 6.07 Å². The van der Waals surface area contributed by atoms with E-state index < -0.39 is 17.7 Å². The van der Waals surface area contributed by atoms with Crippen LogP contribution in [0.5, 0.6) is 0 Å². The number of hydrazone groups is 1. The van der Waals surface area contributed by atoms with Crippen LogP contribution in [0.15, 0.2) is 16.2 Å². The highest BCUT2D eigenvalue weighted by molar-refractivity contribution is 6.20. The highest BCUT2D eigenvalue weighted by Crippen LogP contribution is 2.60. The highest BCUT2D eigenvalue weighted by Gasteiger charge is 2.54. The zero-order valence-electron chi connectivity index (χ0n) is 15.7. The fourth-order valence-electron chi connectivity index (χ4n) is 5.96. The Morgan fingerprint density at radius 1 is 1.22 bits per heavy atom. The van der Waals surface area contributed by atoms with Crippen molar-refractivity contribution >= 4 is 23.9 Å². The van der Waals surface area contributed by atoms with E-state index in [1.165, 1.54) is 32.5 Å². The van der Waals surface area contributed by atoms with Crippen LogP contribution in [0.2, 0.25) is 0 Å². The highest BCUT2D eigenvalue weighted by atomic mass is 16.2. The van der Waals surface area contributed by atoms with E-state index in [1.807, 2.05) is 6.07 Å². The lowest BCUT2D eigenvalue weighted by molar-refractivity contribution is -0.146. The van der Waals surface area contributed by atoms with Gasteiger partial charge in [-0.2, -0.15) is 10.4 Å². The van der Waals surface area contributed by atoms with Gasteiger partial charge in [0.1, 0.15) is 5.92 Å². The van der Waals surface area contributed by atoms with Crippen LogP contribution in [0.25, 0.3) is 0 Å². The Morgan fingerprint density at radius 3 is 2.30 bits per heavy atom. The molecule has 1 heterocycles. The lowest BCUT2D eigenvalue weighted by Crippen LogP contribution is -2.52. The Morgan fingerprint density at radius 2 is 1.78 bits per heavy atom. The maximum absolute atomic E-state index is 12.9. The van der Waals surface area contributed by atoms with Crippen molar-refractivity contribution in [1.82, 2.24) is 10.3 Å². The van der Waals surface area contributed by atoms with Gasteiger partial charge in [-0.05, 0) is 68.8 Å². The van der Waals surface area contributed by atoms with Crippen LogP contribution < -0.4 is 5.43 Å². The van der Waals surface area contributed by atoms with E-state index in [0.29, 0.717) is 23.3 Å². The van der Waals surface area contributed by atoms with Crippen LogP contribution in [-0.2, 0) is 14.4 Å². The van der Waals surface area contributed by atoms with Gasteiger partial charge >= 0.3 is 0 Å². The molecule has 0 aromatic carbocycles. The van der Waals surface area contributed by atoms with Crippen molar-refractivity contribution in [3.05, 3.63) is 11.1 Å². The standard InChI is InChI=1S/C20H24N4O3/c1-11-15(9-21)17(25)24(2)18(26)16(11)10-22-23-19(27)20-6-12-3-13(7-20)5-14(4-12)8-20/h10,12-15H,3-8H2,1-2H3,(H,23,27). The van der Waals surface area contributed by atoms with Crippen LogP contribution in [0.4, 0.5) is 0 Å². The van der Waals surface area contributed by atoms with E-state index in [2.05, 4.69) is 10.5 Å². The van der Waals surface area contributed by atoms with Crippen LogP contribution in [0.1, 0.15) is 45.4 Å². The molecule has 5 aliphatic rings. The largest absolute Gasteiger partial charge is 0.280 e. The molecule has 4 fully saturated rings. The number of rotatable bonds is 3. The van der Waals surface area contributed by atoms with Gasteiger partial charge < -0.3 is 0 Å². The fourth-order valence-corrected chi connectivity index (χ4v) is 5.96. The molecule has 7 heteroatoms. The number of imide groups is 1. The van der Waals surface area contributed by atoms with Crippen molar-refractivity contribution in [2.45, 2.75) is 45.4 Å². The van der Waals surface area contributed by atoms with Gasteiger partial charge in [0.25, 0.3) is 11.8 Å². The van der Waals surface area contributed by atoms with Crippen molar-refractivity contribution in [3.63, 3.8) is 0 Å². The third kappa shape index (κ3) is 2.78. The Hall–Kier alpha value is -2.49. The zero-order valence-corrected chi connectivity index (χ0v) is 15.7. The molecule has 0 aromatic rings. The molecule has 1 aliphatic heterocycles. The van der Waals surface area contributed by atoms with E-state index in [0.717, 1.165) is 24.2 Å². The summed E-state index contributed by atoms with van der Waals surface area (Å²) in [6.45, 7) is 1.58. The van der Waals surface area contributed by atoms with E-state index in [9.17, 15) is 19.6 Å². The maximum Gasteiger partial charge on any atom is 0.261 e. The molecule has 0 spiro atoms. The number of carbonyl (C=O) groups is 3. The zero-order chi connectivity index (χ0) is 19.3. The molecule has 1 N–H and O–H groups in total. The lowest BCUT2D eigenvalue weighted by Gasteiger charge is -2.55. The van der Waals surface area contributed by atoms with Crippen LogP contribution >= 0.6 is 0 Å². The number of hydrogen-bond donors (Lipinski definition) is 1. The molecule has 0 radical (unpaired) electrons. The molecule has 3 amide bonds. The molecule has 4 aliphatic carbocycles. The molecule has 7 nitrogen and oxygen atoms in total. The van der Waals surface area contributed by atoms with Gasteiger partial charge in [0.05, 0.1) is 23.3 Å². The van der Waals surface area contributed by atoms with Crippen LogP contribution in [0.3, 0.4) is 0 Å². The number of nitriles is 1. The minimum atomic E-state index is -0.993. The first-order valence-corrected chi connectivity index (χ1v) is 9.60. The predicted molar refractivity (Wildman–Crippen MR) is 96.8 cm³/mol. The Balaban J connectivity index is 1.50. The van der Waals surface area contributed by atoms with Gasteiger partial charge in [-0.15, -0.1) is 0 Å². The minimum absolute atomic E-state index is 0.0550. The number of carbonyl (C=O) groups excluding carboxylic acids is 3. The molecule has 27 heavy (non-hydrogen) atoms. The summed E-state index contributed by atoms with van der Waals surface area (Å²) in [5, 5.41) is 13.2. The first-order chi connectivity index (χ1) is 12.8. The summed E-state index contributed by atoms with van der Waals surface area (Å²) < 4.78 is 0. The first kappa shape index (κ1) is 17.9. The topological polar surface area (TPSA) is 103 Å². The maximum atomic E-state index is 12.9. The van der Waals surface area contributed by atoms with Gasteiger partial charge in [-0.1, -0.05) is 0 Å². The molecular weight excluding hydrogens is 344 g/mol. The van der Waals surface area contributed by atoms with Gasteiger partial charge in [0.2, 0.25) is 5.91 Å². The van der Waals surface area contributed by atoms with Gasteiger partial charge in [-0.3, -0.25) is 19.3 Å². The predicted octanol–water partition coefficient (Wildman–Crippen LogP) is 1.76. The Kier molecular flexibility index (Phi) is 4.17. The average Bonchev–Trinajstić information content (AvgIpc) is 2.62. The minimum Gasteiger partial charge on any atom is -0.280 e. The third-order valence-electron chi connectivity index (χ3n) is 6.98. The number of likely N-dealkylation sites (N-methyl/N-ethyl adjacent to an activating group) is 1. The normalized spacial score (nSPS) is 37.9. The number of amides is 3. The summed E-state index contributed by atoms with van der Waals surface area (Å²) in [4.78, 5) is 38.2. The van der Waals surface area contributed by atoms with E-state index in [4.69, 9.17) is 0 Å². The monoisotopic (exact) mass is 368 g/mol. The average molecular weight is 368 g/mol. The summed E-state index contributed by atoms with van der Waals surface area (Å²) in [6, 6.07) is 1.92. The van der Waals surface area contributed by atoms with E-state index in [1.54, 1.807) is 6.92 Å². The molecule has 1 unspecified atom stereocenters. The van der Waals surface area contributed by atoms with Crippen molar-refractivity contribution in [1.29, 1.82) is 5.26 Å². The molecule has 0 saturated heterocycles. The lowest BCUT2D eigenvalue weighted by atomic mass is 9.49. The van der Waals surface area contributed by atoms with E-state index in [-0.39, 0.29) is 16.9 Å². The summed E-state index contributed by atoms with van der Waals surface area (Å²) in [5.74, 6) is -0.106. The third-order valence-corrected chi connectivity index (χ3v) is 6.98. The number of hydrogen-bond acceptors (Lipinski definition) is 5. The first-order valence-electron chi connectivity index (χ1n) is 9.60. The number of nitrogens with zero attached hydrogens (tertiary/aromatic N) is 3. The van der Waals surface area contributed by atoms with Crippen molar-refractivity contribution < 1.29 is 14.4 Å². The van der Waals surface area contributed by atoms with Gasteiger partial charge in [-0.25, -0.2) is 5.43 Å². The second-order valence-corrected chi connectivity index (χ2v) is 8.76. The molecule has 5 rings (SSSR count). The molecule has 4 bridgehead atoms. The van der Waals surface area contributed by atoms with E-state index >= 15 is 0 Å². The van der Waals surface area contributed by atoms with Gasteiger partial charge in [0.15, 0.2) is 0 Å². The van der Waals surface area contributed by atoms with Gasteiger partial charge in [0, 0.05) is 7.05 Å². The molecule has 142 valence electrons. The molecule has 0 aromatic heterocycles. The molecular formula is C20H24N4O3. The smallest absolute Gasteiger partial charge is 0.261 e. The summed E-state index contributed by atoms with van der Waals surface area (Å²) in [6.07, 6.45) is 7.87. The fraction of sp³-hybridized carbons (Fsp3) is 0.650. The second-order valence-electron chi connectivity index (χ2n) is 8.76. The molecule has 4 saturated carbocycles. The SMILES string of the molecule is CC1=C(C=NNC(=O)C23CC4CC(CC(C4)C2)C3)C(=O)N(C)C(=O)C1C#N. The van der Waals surface area contributed by atoms with Crippen LogP contribution in [-0.4, -0.2) is 35.9 Å². The molecule has 1 atom stereocenters. The summed E-state index contributed by atoms with van der Waals surface area (Å²) >= 11 is 0. The second kappa shape index (κ2) is 6.29. The Labute approximate surface area is 158 Å². The van der Waals surface area contributed by atoms with Crippen LogP contribution in [0, 0.1) is 40.4 Å². The summed E-state index contributed by atoms with van der Waals surface area (Å²) in [5.41, 5.74) is 2.90. The number of nitrogens with one attached hydrogen (secondary N) is 1. The van der Waals surface area contributed by atoms with Crippen molar-refractivity contribution in [2.24, 2.45) is 34.2 Å². The quantitative estimate of drug-likeness (QED) is 0.466. The van der Waals surface area contributed by atoms with Crippen molar-refractivity contribution in [2.75, 3.05) is 7.05 Å². The Bertz CT molecular complexity index is 784. The summed E-state index contributed by atoms with van der Waals surface area (Å²) in [7, 11) is 1.35.